The van der Waals surface area contributed by atoms with Gasteiger partial charge in [0.1, 0.15) is 0 Å². The van der Waals surface area contributed by atoms with Crippen LogP contribution < -0.4 is 5.73 Å². The van der Waals surface area contributed by atoms with Crippen molar-refractivity contribution in [3.05, 3.63) is 65.4 Å². The summed E-state index contributed by atoms with van der Waals surface area (Å²) in [5.41, 5.74) is 8.22. The molecule has 0 atom stereocenters. The maximum Gasteiger partial charge on any atom is 0.239 e. The highest BCUT2D eigenvalue weighted by Crippen LogP contribution is 2.16. The number of aliphatic hydroxyl groups is 1. The van der Waals surface area contributed by atoms with E-state index < -0.39 is 5.78 Å². The number of benzene rings is 1. The van der Waals surface area contributed by atoms with Gasteiger partial charge in [0, 0.05) is 18.2 Å². The van der Waals surface area contributed by atoms with Crippen LogP contribution in [0.4, 0.5) is 5.69 Å². The number of aliphatic hydroxyl groups excluding tert-OH is 1. The molecule has 0 saturated heterocycles. The number of anilines is 1. The third kappa shape index (κ3) is 3.43. The summed E-state index contributed by atoms with van der Waals surface area (Å²) < 4.78 is 5.25. The molecule has 2 heterocycles. The first kappa shape index (κ1) is 14.5. The van der Waals surface area contributed by atoms with Gasteiger partial charge in [-0.3, -0.25) is 4.79 Å². The standard InChI is InChI=1S/C15H13N5O3/c16-11-3-1-9(2-4-11)5-10-6-14(23-8-10)12(21)7-13(22)15-17-19-20-18-15/h1-4,6-8,22H,5,16H2,(H,17,18,19,20). The summed E-state index contributed by atoms with van der Waals surface area (Å²) in [6.07, 6.45) is 3.09. The first-order chi connectivity index (χ1) is 11.1. The summed E-state index contributed by atoms with van der Waals surface area (Å²) in [4.78, 5) is 12.0. The topological polar surface area (TPSA) is 131 Å². The minimum Gasteiger partial charge on any atom is -0.504 e. The maximum atomic E-state index is 12.0. The van der Waals surface area contributed by atoms with Crippen LogP contribution in [-0.4, -0.2) is 31.5 Å². The van der Waals surface area contributed by atoms with Gasteiger partial charge in [-0.1, -0.05) is 12.1 Å². The lowest BCUT2D eigenvalue weighted by Gasteiger charge is -1.98. The maximum absolute atomic E-state index is 12.0. The number of tetrazole rings is 1. The average Bonchev–Trinajstić information content (AvgIpc) is 3.21. The molecule has 0 aliphatic rings. The van der Waals surface area contributed by atoms with Gasteiger partial charge in [0.15, 0.2) is 11.5 Å². The average molecular weight is 311 g/mol. The zero-order chi connectivity index (χ0) is 16.2. The minimum absolute atomic E-state index is 0.0630. The van der Waals surface area contributed by atoms with Crippen molar-refractivity contribution in [2.24, 2.45) is 0 Å². The second-order valence-electron chi connectivity index (χ2n) is 4.87. The molecule has 0 spiro atoms. The molecule has 2 aromatic heterocycles. The van der Waals surface area contributed by atoms with E-state index in [-0.39, 0.29) is 17.3 Å². The number of hydrogen-bond acceptors (Lipinski definition) is 7. The van der Waals surface area contributed by atoms with E-state index in [4.69, 9.17) is 10.2 Å². The molecule has 0 unspecified atom stereocenters. The zero-order valence-corrected chi connectivity index (χ0v) is 11.9. The van der Waals surface area contributed by atoms with E-state index in [9.17, 15) is 9.90 Å². The zero-order valence-electron chi connectivity index (χ0n) is 11.9. The van der Waals surface area contributed by atoms with Crippen LogP contribution in [0.5, 0.6) is 0 Å². The van der Waals surface area contributed by atoms with Crippen LogP contribution in [0.3, 0.4) is 0 Å². The number of furan rings is 1. The van der Waals surface area contributed by atoms with Gasteiger partial charge in [-0.25, -0.2) is 0 Å². The first-order valence-corrected chi connectivity index (χ1v) is 6.72. The van der Waals surface area contributed by atoms with Gasteiger partial charge >= 0.3 is 0 Å². The van der Waals surface area contributed by atoms with E-state index in [1.165, 1.54) is 6.26 Å². The van der Waals surface area contributed by atoms with Crippen molar-refractivity contribution in [3.8, 4) is 0 Å². The summed E-state index contributed by atoms with van der Waals surface area (Å²) in [5.74, 6) is -0.825. The SMILES string of the molecule is Nc1ccc(Cc2coc(C(=O)C=C(O)c3nn[nH]n3)c2)cc1. The van der Waals surface area contributed by atoms with E-state index in [1.807, 2.05) is 24.3 Å². The van der Waals surface area contributed by atoms with E-state index >= 15 is 0 Å². The Bertz CT molecular complexity index is 834. The third-order valence-corrected chi connectivity index (χ3v) is 3.13. The van der Waals surface area contributed by atoms with Crippen LogP contribution in [-0.2, 0) is 6.42 Å². The largest absolute Gasteiger partial charge is 0.504 e. The van der Waals surface area contributed by atoms with Gasteiger partial charge in [-0.05, 0) is 34.5 Å². The van der Waals surface area contributed by atoms with E-state index in [2.05, 4.69) is 20.6 Å². The highest BCUT2D eigenvalue weighted by atomic mass is 16.3. The molecule has 3 rings (SSSR count). The number of nitrogens with one attached hydrogen (secondary N) is 1. The number of nitrogens with zero attached hydrogens (tertiary/aromatic N) is 3. The number of aromatic amines is 1. The number of nitrogen functional groups attached to an aromatic ring is 1. The summed E-state index contributed by atoms with van der Waals surface area (Å²) in [7, 11) is 0. The second kappa shape index (κ2) is 6.14. The third-order valence-electron chi connectivity index (χ3n) is 3.13. The number of rotatable bonds is 5. The Hall–Kier alpha value is -3.42. The Balaban J connectivity index is 1.72. The van der Waals surface area contributed by atoms with E-state index in [1.54, 1.807) is 6.07 Å². The van der Waals surface area contributed by atoms with Crippen molar-refractivity contribution in [2.75, 3.05) is 5.73 Å². The second-order valence-corrected chi connectivity index (χ2v) is 4.87. The van der Waals surface area contributed by atoms with Gasteiger partial charge in [-0.2, -0.15) is 5.21 Å². The molecule has 8 nitrogen and oxygen atoms in total. The number of ketones is 1. The van der Waals surface area contributed by atoms with Crippen LogP contribution in [0.1, 0.15) is 27.5 Å². The smallest absolute Gasteiger partial charge is 0.239 e. The molecule has 3 aromatic rings. The molecule has 8 heteroatoms. The summed E-state index contributed by atoms with van der Waals surface area (Å²) >= 11 is 0. The molecular formula is C15H13N5O3. The lowest BCUT2D eigenvalue weighted by Crippen LogP contribution is -1.96. The number of carbonyl (C=O) groups excluding carboxylic acids is 1. The van der Waals surface area contributed by atoms with Crippen LogP contribution >= 0.6 is 0 Å². The van der Waals surface area contributed by atoms with Gasteiger partial charge < -0.3 is 15.3 Å². The molecule has 23 heavy (non-hydrogen) atoms. The van der Waals surface area contributed by atoms with Crippen LogP contribution in [0.15, 0.2) is 47.1 Å². The van der Waals surface area contributed by atoms with Crippen LogP contribution in [0.2, 0.25) is 0 Å². The van der Waals surface area contributed by atoms with Crippen molar-refractivity contribution in [1.29, 1.82) is 0 Å². The molecular weight excluding hydrogens is 298 g/mol. The molecule has 0 fully saturated rings. The van der Waals surface area contributed by atoms with Crippen LogP contribution in [0, 0.1) is 0 Å². The molecule has 0 amide bonds. The summed E-state index contributed by atoms with van der Waals surface area (Å²) in [6, 6.07) is 9.07. The molecule has 1 aromatic carbocycles. The quantitative estimate of drug-likeness (QED) is 0.283. The van der Waals surface area contributed by atoms with Gasteiger partial charge in [-0.15, -0.1) is 10.2 Å². The summed E-state index contributed by atoms with van der Waals surface area (Å²) in [5, 5.41) is 22.3. The number of H-pyrrole nitrogens is 1. The van der Waals surface area contributed by atoms with E-state index in [0.717, 1.165) is 17.2 Å². The van der Waals surface area contributed by atoms with Crippen LogP contribution in [0.25, 0.3) is 5.76 Å². The molecule has 0 aliphatic heterocycles. The fraction of sp³-hybridized carbons (Fsp3) is 0.0667. The highest BCUT2D eigenvalue weighted by molar-refractivity contribution is 6.05. The lowest BCUT2D eigenvalue weighted by atomic mass is 10.1. The minimum atomic E-state index is -0.490. The molecule has 116 valence electrons. The summed E-state index contributed by atoms with van der Waals surface area (Å²) in [6.45, 7) is 0. The van der Waals surface area contributed by atoms with Crippen molar-refractivity contribution < 1.29 is 14.3 Å². The van der Waals surface area contributed by atoms with Gasteiger partial charge in [0.2, 0.25) is 11.6 Å². The number of carbonyl (C=O) groups is 1. The Kier molecular flexibility index (Phi) is 3.88. The normalized spacial score (nSPS) is 11.6. The van der Waals surface area contributed by atoms with E-state index in [0.29, 0.717) is 12.1 Å². The number of nitrogens with two attached hydrogens (primary N) is 1. The number of hydrogen-bond donors (Lipinski definition) is 3. The predicted molar refractivity (Wildman–Crippen MR) is 81.5 cm³/mol. The Morgan fingerprint density at radius 3 is 2.78 bits per heavy atom. The predicted octanol–water partition coefficient (Wildman–Crippen LogP) is 1.75. The first-order valence-electron chi connectivity index (χ1n) is 6.72. The molecule has 0 aliphatic carbocycles. The van der Waals surface area contributed by atoms with Crippen molar-refractivity contribution in [1.82, 2.24) is 20.6 Å². The lowest BCUT2D eigenvalue weighted by molar-refractivity contribution is 0.102. The van der Waals surface area contributed by atoms with Gasteiger partial charge in [0.05, 0.1) is 6.26 Å². The molecule has 4 N–H and O–H groups in total. The Labute approximate surface area is 130 Å². The molecule has 0 radical (unpaired) electrons. The molecule has 0 saturated carbocycles. The fourth-order valence-electron chi connectivity index (χ4n) is 2.00. The number of aromatic nitrogens is 4. The fourth-order valence-corrected chi connectivity index (χ4v) is 2.00. The van der Waals surface area contributed by atoms with Gasteiger partial charge in [0.25, 0.3) is 0 Å². The van der Waals surface area contributed by atoms with Crippen molar-refractivity contribution >= 4 is 17.2 Å². The van der Waals surface area contributed by atoms with Crippen molar-refractivity contribution in [3.63, 3.8) is 0 Å². The molecule has 0 bridgehead atoms. The Morgan fingerprint density at radius 2 is 2.09 bits per heavy atom. The number of allylic oxidation sites excluding steroid dienone is 1. The monoisotopic (exact) mass is 311 g/mol. The highest BCUT2D eigenvalue weighted by Gasteiger charge is 2.13. The Morgan fingerprint density at radius 1 is 1.30 bits per heavy atom. The van der Waals surface area contributed by atoms with Crippen molar-refractivity contribution in [2.45, 2.75) is 6.42 Å².